The largest absolute Gasteiger partial charge is 0.462 e. The molecule has 6 nitrogen and oxygen atoms in total. The van der Waals surface area contributed by atoms with Gasteiger partial charge < -0.3 is 14.2 Å². The fraction of sp³-hybridized carbons (Fsp3) is 0.792. The van der Waals surface area contributed by atoms with Crippen LogP contribution in [-0.2, 0) is 28.6 Å². The van der Waals surface area contributed by atoms with Gasteiger partial charge in [0.1, 0.15) is 13.2 Å². The van der Waals surface area contributed by atoms with Gasteiger partial charge in [-0.1, -0.05) is 318 Å². The molecule has 0 N–H and O–H groups in total. The monoisotopic (exact) mass is 1090 g/mol. The van der Waals surface area contributed by atoms with E-state index in [9.17, 15) is 14.4 Å². The van der Waals surface area contributed by atoms with Crippen LogP contribution in [0.3, 0.4) is 0 Å². The summed E-state index contributed by atoms with van der Waals surface area (Å²) in [7, 11) is 0. The molecular formula is C72H128O6. The van der Waals surface area contributed by atoms with Crippen molar-refractivity contribution in [1.29, 1.82) is 0 Å². The predicted octanol–water partition coefficient (Wildman–Crippen LogP) is 23.3. The maximum atomic E-state index is 12.9. The minimum absolute atomic E-state index is 0.0977. The van der Waals surface area contributed by atoms with Gasteiger partial charge in [0.2, 0.25) is 0 Å². The Balaban J connectivity index is 4.25. The first-order valence-electron chi connectivity index (χ1n) is 33.9. The molecule has 0 bridgehead atoms. The molecule has 0 radical (unpaired) electrons. The lowest BCUT2D eigenvalue weighted by Gasteiger charge is -2.18. The van der Waals surface area contributed by atoms with Gasteiger partial charge in [0.25, 0.3) is 0 Å². The Bertz CT molecular complexity index is 1440. The van der Waals surface area contributed by atoms with Crippen molar-refractivity contribution >= 4 is 17.9 Å². The molecule has 0 saturated carbocycles. The van der Waals surface area contributed by atoms with Gasteiger partial charge in [0, 0.05) is 19.3 Å². The van der Waals surface area contributed by atoms with Gasteiger partial charge in [-0.2, -0.15) is 0 Å². The number of rotatable bonds is 62. The lowest BCUT2D eigenvalue weighted by molar-refractivity contribution is -0.167. The number of esters is 3. The average Bonchev–Trinajstić information content (AvgIpc) is 3.44. The second-order valence-electron chi connectivity index (χ2n) is 22.7. The van der Waals surface area contributed by atoms with Gasteiger partial charge in [0.15, 0.2) is 6.10 Å². The molecule has 0 amide bonds. The van der Waals surface area contributed by atoms with Crippen LogP contribution in [0, 0.1) is 0 Å². The number of hydrogen-bond acceptors (Lipinski definition) is 6. The molecule has 0 heterocycles. The van der Waals surface area contributed by atoms with E-state index in [-0.39, 0.29) is 37.5 Å². The van der Waals surface area contributed by atoms with E-state index in [1.807, 2.05) is 0 Å². The van der Waals surface area contributed by atoms with Gasteiger partial charge in [-0.25, -0.2) is 0 Å². The highest BCUT2D eigenvalue weighted by atomic mass is 16.6. The quantitative estimate of drug-likeness (QED) is 0.0261. The molecule has 78 heavy (non-hydrogen) atoms. The minimum atomic E-state index is -0.808. The predicted molar refractivity (Wildman–Crippen MR) is 339 cm³/mol. The van der Waals surface area contributed by atoms with Crippen LogP contribution in [0.5, 0.6) is 0 Å². The Labute approximate surface area is 484 Å². The Morgan fingerprint density at radius 1 is 0.269 bits per heavy atom. The van der Waals surface area contributed by atoms with E-state index < -0.39 is 6.10 Å². The van der Waals surface area contributed by atoms with Crippen molar-refractivity contribution in [1.82, 2.24) is 0 Å². The smallest absolute Gasteiger partial charge is 0.306 e. The molecule has 1 unspecified atom stereocenters. The first kappa shape index (κ1) is 74.8. The zero-order chi connectivity index (χ0) is 56.4. The van der Waals surface area contributed by atoms with Crippen LogP contribution in [0.1, 0.15) is 348 Å². The summed E-state index contributed by atoms with van der Waals surface area (Å²) in [4.78, 5) is 38.3. The second kappa shape index (κ2) is 66.4. The van der Waals surface area contributed by atoms with E-state index in [2.05, 4.69) is 93.7 Å². The number of ether oxygens (including phenoxy) is 3. The zero-order valence-electron chi connectivity index (χ0n) is 51.9. The summed E-state index contributed by atoms with van der Waals surface area (Å²) in [6.45, 7) is 6.51. The molecule has 0 saturated heterocycles. The number of carbonyl (C=O) groups is 3. The molecule has 0 aromatic carbocycles. The summed E-state index contributed by atoms with van der Waals surface area (Å²) in [6.07, 6.45) is 86.6. The number of carbonyl (C=O) groups excluding carboxylic acids is 3. The van der Waals surface area contributed by atoms with Crippen LogP contribution in [0.25, 0.3) is 0 Å². The fourth-order valence-electron chi connectivity index (χ4n) is 9.89. The molecule has 0 aliphatic heterocycles. The summed E-state index contributed by atoms with van der Waals surface area (Å²) in [5.74, 6) is -0.950. The van der Waals surface area contributed by atoms with E-state index >= 15 is 0 Å². The SMILES string of the molecule is CC/C=C\C/C=C\C/C=C\C/C=C\C/C=C\CCCC(=O)OC(COC(=O)CCCCCCC/C=C\CCCCCCC)COC(=O)CCCCCCCCCCCCCCCCCCCCCCCCCCCCCCC. The molecule has 0 rings (SSSR count). The third-order valence-electron chi connectivity index (χ3n) is 14.9. The molecule has 0 aliphatic rings. The van der Waals surface area contributed by atoms with Crippen molar-refractivity contribution in [2.45, 2.75) is 354 Å². The first-order chi connectivity index (χ1) is 38.5. The van der Waals surface area contributed by atoms with Gasteiger partial charge in [0.05, 0.1) is 0 Å². The van der Waals surface area contributed by atoms with Gasteiger partial charge in [-0.05, 0) is 83.5 Å². The van der Waals surface area contributed by atoms with Gasteiger partial charge in [-0.3, -0.25) is 14.4 Å². The first-order valence-corrected chi connectivity index (χ1v) is 33.9. The van der Waals surface area contributed by atoms with E-state index in [4.69, 9.17) is 14.2 Å². The Hall–Kier alpha value is -3.15. The second-order valence-corrected chi connectivity index (χ2v) is 22.7. The van der Waals surface area contributed by atoms with Crippen molar-refractivity contribution in [2.75, 3.05) is 13.2 Å². The topological polar surface area (TPSA) is 78.9 Å². The van der Waals surface area contributed by atoms with Crippen molar-refractivity contribution in [3.63, 3.8) is 0 Å². The van der Waals surface area contributed by atoms with Crippen LogP contribution in [0.4, 0.5) is 0 Å². The van der Waals surface area contributed by atoms with E-state index in [0.717, 1.165) is 83.5 Å². The van der Waals surface area contributed by atoms with Crippen LogP contribution in [0.2, 0.25) is 0 Å². The fourth-order valence-corrected chi connectivity index (χ4v) is 9.89. The van der Waals surface area contributed by atoms with Crippen LogP contribution >= 0.6 is 0 Å². The summed E-state index contributed by atoms with van der Waals surface area (Å²) < 4.78 is 16.9. The standard InChI is InChI=1S/C72H128O6/c1-4-7-10-13-16-19-22-25-28-30-31-32-33-34-35-36-37-38-39-40-41-43-44-47-50-53-56-59-62-65-71(74)77-68-69(67-76-70(73)64-61-58-55-52-49-46-27-24-21-18-15-12-9-6-3)78-72(75)66-63-60-57-54-51-48-45-42-29-26-23-20-17-14-11-8-5-2/h8,11,17,20,24,26-27,29,45,48,54,57,69H,4-7,9-10,12-16,18-19,21-23,25,28,30-44,46-47,49-53,55-56,58-68H2,1-3H3/b11-8-,20-17-,27-24-,29-26-,48-45-,57-54-. The van der Waals surface area contributed by atoms with E-state index in [1.165, 1.54) is 218 Å². The molecule has 0 aromatic rings. The van der Waals surface area contributed by atoms with Crippen LogP contribution in [-0.4, -0.2) is 37.2 Å². The molecule has 0 spiro atoms. The Morgan fingerprint density at radius 3 is 0.833 bits per heavy atom. The van der Waals surface area contributed by atoms with Crippen molar-refractivity contribution < 1.29 is 28.6 Å². The van der Waals surface area contributed by atoms with Crippen molar-refractivity contribution in [3.8, 4) is 0 Å². The molecule has 0 aliphatic carbocycles. The summed E-state index contributed by atoms with van der Waals surface area (Å²) in [5.41, 5.74) is 0. The minimum Gasteiger partial charge on any atom is -0.462 e. The highest BCUT2D eigenvalue weighted by Gasteiger charge is 2.19. The maximum Gasteiger partial charge on any atom is 0.306 e. The van der Waals surface area contributed by atoms with E-state index in [0.29, 0.717) is 19.3 Å². The van der Waals surface area contributed by atoms with Gasteiger partial charge >= 0.3 is 17.9 Å². The molecular weight excluding hydrogens is 961 g/mol. The lowest BCUT2D eigenvalue weighted by atomic mass is 10.0. The number of hydrogen-bond donors (Lipinski definition) is 0. The number of unbranched alkanes of at least 4 members (excludes halogenated alkanes) is 39. The third kappa shape index (κ3) is 63.7. The number of allylic oxidation sites excluding steroid dienone is 12. The van der Waals surface area contributed by atoms with Crippen LogP contribution in [0.15, 0.2) is 72.9 Å². The molecule has 1 atom stereocenters. The van der Waals surface area contributed by atoms with E-state index in [1.54, 1.807) is 0 Å². The lowest BCUT2D eigenvalue weighted by Crippen LogP contribution is -2.30. The molecule has 0 fully saturated rings. The van der Waals surface area contributed by atoms with Gasteiger partial charge in [-0.15, -0.1) is 0 Å². The summed E-state index contributed by atoms with van der Waals surface area (Å²) in [6, 6.07) is 0. The maximum absolute atomic E-state index is 12.9. The van der Waals surface area contributed by atoms with Crippen molar-refractivity contribution in [3.05, 3.63) is 72.9 Å². The zero-order valence-corrected chi connectivity index (χ0v) is 51.9. The summed E-state index contributed by atoms with van der Waals surface area (Å²) >= 11 is 0. The Kier molecular flexibility index (Phi) is 63.7. The van der Waals surface area contributed by atoms with Crippen molar-refractivity contribution in [2.24, 2.45) is 0 Å². The molecule has 6 heteroatoms. The van der Waals surface area contributed by atoms with Crippen LogP contribution < -0.4 is 0 Å². The normalized spacial score (nSPS) is 12.5. The average molecular weight is 1090 g/mol. The highest BCUT2D eigenvalue weighted by Crippen LogP contribution is 2.18. The Morgan fingerprint density at radius 2 is 0.513 bits per heavy atom. The summed E-state index contributed by atoms with van der Waals surface area (Å²) in [5, 5.41) is 0. The molecule has 0 aromatic heterocycles. The molecule has 452 valence electrons. The highest BCUT2D eigenvalue weighted by molar-refractivity contribution is 5.71. The third-order valence-corrected chi connectivity index (χ3v) is 14.9.